The van der Waals surface area contributed by atoms with Gasteiger partial charge in [-0.05, 0) is 55.9 Å². The standard InChI is InChI=1S/C17H28N2/c1-14(13-15(2)19)17-11-7-6-10-16(17)9-5-3-4-8-12-18/h6-7,10-11,15H,1,3-5,8-9,12-13,18-19H2,2H3. The van der Waals surface area contributed by atoms with E-state index in [1.165, 1.54) is 30.4 Å². The molecule has 0 radical (unpaired) electrons. The summed E-state index contributed by atoms with van der Waals surface area (Å²) in [5, 5.41) is 0. The number of aryl methyl sites for hydroxylation is 1. The zero-order valence-electron chi connectivity index (χ0n) is 12.2. The molecule has 2 heteroatoms. The molecule has 0 aliphatic heterocycles. The Kier molecular flexibility index (Phi) is 7.46. The zero-order valence-corrected chi connectivity index (χ0v) is 12.2. The van der Waals surface area contributed by atoms with Gasteiger partial charge in [-0.1, -0.05) is 43.7 Å². The summed E-state index contributed by atoms with van der Waals surface area (Å²) in [5.41, 5.74) is 15.2. The van der Waals surface area contributed by atoms with E-state index in [-0.39, 0.29) is 6.04 Å². The lowest BCUT2D eigenvalue weighted by molar-refractivity contribution is 0.646. The maximum absolute atomic E-state index is 5.86. The minimum absolute atomic E-state index is 0.171. The summed E-state index contributed by atoms with van der Waals surface area (Å²) in [5.74, 6) is 0. The Hall–Kier alpha value is -1.12. The third-order valence-electron chi connectivity index (χ3n) is 3.37. The second-order valence-electron chi connectivity index (χ2n) is 5.39. The van der Waals surface area contributed by atoms with E-state index in [1.807, 2.05) is 6.92 Å². The number of rotatable bonds is 9. The van der Waals surface area contributed by atoms with Crippen LogP contribution in [0.4, 0.5) is 0 Å². The van der Waals surface area contributed by atoms with Crippen LogP contribution in [0.2, 0.25) is 0 Å². The van der Waals surface area contributed by atoms with E-state index in [0.717, 1.165) is 31.4 Å². The molecule has 1 rings (SSSR count). The Morgan fingerprint density at radius 2 is 1.84 bits per heavy atom. The quantitative estimate of drug-likeness (QED) is 0.668. The molecule has 0 saturated carbocycles. The van der Waals surface area contributed by atoms with Gasteiger partial charge in [0.1, 0.15) is 0 Å². The van der Waals surface area contributed by atoms with Gasteiger partial charge in [-0.15, -0.1) is 0 Å². The Morgan fingerprint density at radius 1 is 1.16 bits per heavy atom. The molecule has 1 atom stereocenters. The van der Waals surface area contributed by atoms with Crippen LogP contribution in [0.5, 0.6) is 0 Å². The predicted molar refractivity (Wildman–Crippen MR) is 85.0 cm³/mol. The molecule has 0 bridgehead atoms. The van der Waals surface area contributed by atoms with Crippen molar-refractivity contribution in [1.29, 1.82) is 0 Å². The first-order valence-corrected chi connectivity index (χ1v) is 7.37. The lowest BCUT2D eigenvalue weighted by atomic mass is 9.93. The van der Waals surface area contributed by atoms with Crippen molar-refractivity contribution in [3.8, 4) is 0 Å². The lowest BCUT2D eigenvalue weighted by Gasteiger charge is -2.13. The highest BCUT2D eigenvalue weighted by Gasteiger charge is 2.07. The highest BCUT2D eigenvalue weighted by atomic mass is 14.6. The van der Waals surface area contributed by atoms with Crippen molar-refractivity contribution in [2.24, 2.45) is 11.5 Å². The van der Waals surface area contributed by atoms with Gasteiger partial charge in [-0.25, -0.2) is 0 Å². The van der Waals surface area contributed by atoms with E-state index in [4.69, 9.17) is 11.5 Å². The van der Waals surface area contributed by atoms with Crippen LogP contribution in [0.15, 0.2) is 30.8 Å². The molecule has 106 valence electrons. The average Bonchev–Trinajstić information content (AvgIpc) is 2.38. The van der Waals surface area contributed by atoms with Gasteiger partial charge in [0.15, 0.2) is 0 Å². The topological polar surface area (TPSA) is 52.0 Å². The van der Waals surface area contributed by atoms with Crippen LogP contribution in [-0.4, -0.2) is 12.6 Å². The average molecular weight is 260 g/mol. The molecule has 19 heavy (non-hydrogen) atoms. The number of benzene rings is 1. The van der Waals surface area contributed by atoms with Crippen molar-refractivity contribution in [1.82, 2.24) is 0 Å². The van der Waals surface area contributed by atoms with E-state index in [2.05, 4.69) is 30.8 Å². The SMILES string of the molecule is C=C(CC(C)N)c1ccccc1CCCCCCN. The summed E-state index contributed by atoms with van der Waals surface area (Å²) in [6.07, 6.45) is 6.84. The second kappa shape index (κ2) is 8.89. The van der Waals surface area contributed by atoms with E-state index in [0.29, 0.717) is 0 Å². The zero-order chi connectivity index (χ0) is 14.1. The fraction of sp³-hybridized carbons (Fsp3) is 0.529. The van der Waals surface area contributed by atoms with Crippen molar-refractivity contribution in [3.05, 3.63) is 42.0 Å². The first kappa shape index (κ1) is 15.9. The van der Waals surface area contributed by atoms with Gasteiger partial charge in [0.05, 0.1) is 0 Å². The van der Waals surface area contributed by atoms with Gasteiger partial charge >= 0.3 is 0 Å². The maximum atomic E-state index is 5.86. The Balaban J connectivity index is 2.55. The smallest absolute Gasteiger partial charge is 0.00509 e. The van der Waals surface area contributed by atoms with Crippen LogP contribution < -0.4 is 11.5 Å². The Morgan fingerprint density at radius 3 is 2.53 bits per heavy atom. The van der Waals surface area contributed by atoms with Crippen LogP contribution in [0.1, 0.15) is 50.2 Å². The maximum Gasteiger partial charge on any atom is 0.00509 e. The Bertz CT molecular complexity index is 383. The molecule has 0 aliphatic carbocycles. The largest absolute Gasteiger partial charge is 0.330 e. The summed E-state index contributed by atoms with van der Waals surface area (Å²) in [6, 6.07) is 8.74. The number of unbranched alkanes of at least 4 members (excludes halogenated alkanes) is 3. The first-order valence-electron chi connectivity index (χ1n) is 7.37. The molecular formula is C17H28N2. The van der Waals surface area contributed by atoms with E-state index < -0.39 is 0 Å². The second-order valence-corrected chi connectivity index (χ2v) is 5.39. The summed E-state index contributed by atoms with van der Waals surface area (Å²) in [6.45, 7) is 7.02. The van der Waals surface area contributed by atoms with Crippen LogP contribution >= 0.6 is 0 Å². The highest BCUT2D eigenvalue weighted by Crippen LogP contribution is 2.23. The van der Waals surface area contributed by atoms with Gasteiger partial charge in [0, 0.05) is 6.04 Å². The molecular weight excluding hydrogens is 232 g/mol. The third-order valence-corrected chi connectivity index (χ3v) is 3.37. The molecule has 2 nitrogen and oxygen atoms in total. The molecule has 0 fully saturated rings. The molecule has 1 aromatic carbocycles. The number of hydrogen-bond donors (Lipinski definition) is 2. The van der Waals surface area contributed by atoms with E-state index >= 15 is 0 Å². The van der Waals surface area contributed by atoms with Crippen LogP contribution in [0.25, 0.3) is 5.57 Å². The summed E-state index contributed by atoms with van der Waals surface area (Å²) < 4.78 is 0. The van der Waals surface area contributed by atoms with Gasteiger partial charge in [0.25, 0.3) is 0 Å². The Labute approximate surface area is 117 Å². The summed E-state index contributed by atoms with van der Waals surface area (Å²) in [7, 11) is 0. The van der Waals surface area contributed by atoms with Crippen molar-refractivity contribution in [2.45, 2.75) is 51.5 Å². The van der Waals surface area contributed by atoms with Crippen molar-refractivity contribution in [3.63, 3.8) is 0 Å². The van der Waals surface area contributed by atoms with Crippen molar-refractivity contribution in [2.75, 3.05) is 6.54 Å². The van der Waals surface area contributed by atoms with E-state index in [1.54, 1.807) is 0 Å². The van der Waals surface area contributed by atoms with Crippen molar-refractivity contribution >= 4 is 5.57 Å². The third kappa shape index (κ3) is 6.04. The molecule has 0 spiro atoms. The lowest BCUT2D eigenvalue weighted by Crippen LogP contribution is -2.15. The molecule has 0 aromatic heterocycles. The normalized spacial score (nSPS) is 12.4. The minimum atomic E-state index is 0.171. The molecule has 0 amide bonds. The van der Waals surface area contributed by atoms with Gasteiger partial charge in [-0.3, -0.25) is 0 Å². The molecule has 0 heterocycles. The first-order chi connectivity index (χ1) is 9.15. The van der Waals surface area contributed by atoms with Crippen LogP contribution in [0, 0.1) is 0 Å². The van der Waals surface area contributed by atoms with Crippen LogP contribution in [-0.2, 0) is 6.42 Å². The van der Waals surface area contributed by atoms with Gasteiger partial charge in [-0.2, -0.15) is 0 Å². The van der Waals surface area contributed by atoms with E-state index in [9.17, 15) is 0 Å². The fourth-order valence-corrected chi connectivity index (χ4v) is 2.40. The number of nitrogens with two attached hydrogens (primary N) is 2. The number of hydrogen-bond acceptors (Lipinski definition) is 2. The summed E-state index contributed by atoms with van der Waals surface area (Å²) in [4.78, 5) is 0. The van der Waals surface area contributed by atoms with Crippen LogP contribution in [0.3, 0.4) is 0 Å². The van der Waals surface area contributed by atoms with Gasteiger partial charge < -0.3 is 11.5 Å². The highest BCUT2D eigenvalue weighted by molar-refractivity contribution is 5.66. The molecule has 1 unspecified atom stereocenters. The molecule has 1 aromatic rings. The summed E-state index contributed by atoms with van der Waals surface area (Å²) >= 11 is 0. The minimum Gasteiger partial charge on any atom is -0.330 e. The molecule has 0 saturated heterocycles. The monoisotopic (exact) mass is 260 g/mol. The molecule has 0 aliphatic rings. The fourth-order valence-electron chi connectivity index (χ4n) is 2.40. The predicted octanol–water partition coefficient (Wildman–Crippen LogP) is 3.50. The van der Waals surface area contributed by atoms with Gasteiger partial charge in [0.2, 0.25) is 0 Å². The molecule has 4 N–H and O–H groups in total. The van der Waals surface area contributed by atoms with Crippen molar-refractivity contribution < 1.29 is 0 Å².